The summed E-state index contributed by atoms with van der Waals surface area (Å²) in [5.41, 5.74) is 1.11. The van der Waals surface area contributed by atoms with E-state index < -0.39 is 0 Å². The maximum Gasteiger partial charge on any atom is 0.270 e. The Bertz CT molecular complexity index is 873. The van der Waals surface area contributed by atoms with Crippen molar-refractivity contribution in [2.24, 2.45) is 0 Å². The number of carbonyl (C=O) groups excluding carboxylic acids is 1. The summed E-state index contributed by atoms with van der Waals surface area (Å²) in [7, 11) is 3.11. The molecule has 1 fully saturated rings. The third-order valence-electron chi connectivity index (χ3n) is 4.87. The van der Waals surface area contributed by atoms with Crippen LogP contribution in [0.1, 0.15) is 25.7 Å². The Balaban J connectivity index is 1.62. The number of nitrogens with one attached hydrogen (secondary N) is 1. The largest absolute Gasteiger partial charge is 0.497 e. The number of nitrogens with zero attached hydrogens (tertiary/aromatic N) is 2. The predicted octanol–water partition coefficient (Wildman–Crippen LogP) is 2.00. The van der Waals surface area contributed by atoms with E-state index in [1.807, 2.05) is 24.3 Å². The van der Waals surface area contributed by atoms with Crippen molar-refractivity contribution in [2.45, 2.75) is 38.3 Å². The molecule has 0 aliphatic carbocycles. The van der Waals surface area contributed by atoms with E-state index >= 15 is 0 Å². The molecule has 1 saturated heterocycles. The molecule has 2 aromatic rings. The van der Waals surface area contributed by atoms with Crippen LogP contribution in [-0.2, 0) is 16.1 Å². The molecule has 8 heteroatoms. The van der Waals surface area contributed by atoms with Gasteiger partial charge in [0.15, 0.2) is 5.75 Å². The van der Waals surface area contributed by atoms with Crippen molar-refractivity contribution in [3.8, 4) is 22.8 Å². The molecule has 1 aromatic heterocycles. The second-order valence-electron chi connectivity index (χ2n) is 6.89. The maximum absolute atomic E-state index is 12.3. The van der Waals surface area contributed by atoms with Crippen molar-refractivity contribution < 1.29 is 19.0 Å². The van der Waals surface area contributed by atoms with Crippen molar-refractivity contribution in [3.63, 3.8) is 0 Å². The number of aromatic nitrogens is 2. The van der Waals surface area contributed by atoms with Gasteiger partial charge in [-0.05, 0) is 43.5 Å². The quantitative estimate of drug-likeness (QED) is 0.691. The summed E-state index contributed by atoms with van der Waals surface area (Å²) in [5, 5.41) is 7.35. The van der Waals surface area contributed by atoms with Crippen LogP contribution in [-0.4, -0.2) is 49.2 Å². The minimum Gasteiger partial charge on any atom is -0.497 e. The zero-order chi connectivity index (χ0) is 20.6. The lowest BCUT2D eigenvalue weighted by Crippen LogP contribution is -2.32. The van der Waals surface area contributed by atoms with Gasteiger partial charge in [-0.1, -0.05) is 0 Å². The highest BCUT2D eigenvalue weighted by Crippen LogP contribution is 2.27. The van der Waals surface area contributed by atoms with Gasteiger partial charge in [-0.2, -0.15) is 5.10 Å². The SMILES string of the molecule is COc1ccc(-c2nn(CCCC(=O)NC[C@@H]3CCCO3)c(=O)cc2OC)cc1. The molecule has 3 rings (SSSR count). The number of rotatable bonds is 9. The molecule has 1 amide bonds. The highest BCUT2D eigenvalue weighted by Gasteiger charge is 2.16. The van der Waals surface area contributed by atoms with Gasteiger partial charge < -0.3 is 19.5 Å². The predicted molar refractivity (Wildman–Crippen MR) is 108 cm³/mol. The normalized spacial score (nSPS) is 15.9. The van der Waals surface area contributed by atoms with Crippen molar-refractivity contribution in [1.29, 1.82) is 0 Å². The number of hydrogen-bond acceptors (Lipinski definition) is 6. The Morgan fingerprint density at radius 1 is 1.28 bits per heavy atom. The second-order valence-corrected chi connectivity index (χ2v) is 6.89. The number of benzene rings is 1. The molecule has 2 heterocycles. The van der Waals surface area contributed by atoms with Crippen molar-refractivity contribution in [3.05, 3.63) is 40.7 Å². The minimum absolute atomic E-state index is 0.0440. The lowest BCUT2D eigenvalue weighted by Gasteiger charge is -2.12. The summed E-state index contributed by atoms with van der Waals surface area (Å²) in [6.07, 6.45) is 2.99. The highest BCUT2D eigenvalue weighted by molar-refractivity contribution is 5.75. The van der Waals surface area contributed by atoms with E-state index in [1.54, 1.807) is 7.11 Å². The zero-order valence-electron chi connectivity index (χ0n) is 16.8. The van der Waals surface area contributed by atoms with Gasteiger partial charge in [-0.25, -0.2) is 4.68 Å². The molecule has 1 N–H and O–H groups in total. The molecular weight excluding hydrogens is 374 g/mol. The molecule has 0 saturated carbocycles. The van der Waals surface area contributed by atoms with E-state index in [4.69, 9.17) is 14.2 Å². The summed E-state index contributed by atoms with van der Waals surface area (Å²) in [5.74, 6) is 1.10. The fourth-order valence-electron chi connectivity index (χ4n) is 3.25. The van der Waals surface area contributed by atoms with Gasteiger partial charge in [-0.15, -0.1) is 0 Å². The van der Waals surface area contributed by atoms with E-state index in [2.05, 4.69) is 10.4 Å². The molecule has 0 radical (unpaired) electrons. The number of aryl methyl sites for hydroxylation is 1. The Morgan fingerprint density at radius 2 is 2.07 bits per heavy atom. The summed E-state index contributed by atoms with van der Waals surface area (Å²) in [6.45, 7) is 1.66. The monoisotopic (exact) mass is 401 g/mol. The number of amides is 1. The lowest BCUT2D eigenvalue weighted by molar-refractivity contribution is -0.121. The first-order valence-electron chi connectivity index (χ1n) is 9.79. The summed E-state index contributed by atoms with van der Waals surface area (Å²) in [4.78, 5) is 24.4. The Kier molecular flexibility index (Phi) is 7.24. The summed E-state index contributed by atoms with van der Waals surface area (Å²) >= 11 is 0. The van der Waals surface area contributed by atoms with Crippen molar-refractivity contribution in [2.75, 3.05) is 27.4 Å². The topological polar surface area (TPSA) is 91.7 Å². The van der Waals surface area contributed by atoms with Crippen LogP contribution < -0.4 is 20.3 Å². The van der Waals surface area contributed by atoms with Crippen LogP contribution in [0.25, 0.3) is 11.3 Å². The first-order valence-corrected chi connectivity index (χ1v) is 9.79. The average molecular weight is 401 g/mol. The molecule has 1 aromatic carbocycles. The van der Waals surface area contributed by atoms with Gasteiger partial charge in [-0.3, -0.25) is 9.59 Å². The van der Waals surface area contributed by atoms with Crippen molar-refractivity contribution in [1.82, 2.24) is 15.1 Å². The third kappa shape index (κ3) is 5.57. The Hall–Kier alpha value is -2.87. The van der Waals surface area contributed by atoms with Crippen LogP contribution in [0.4, 0.5) is 0 Å². The Morgan fingerprint density at radius 3 is 2.72 bits per heavy atom. The maximum atomic E-state index is 12.3. The molecule has 1 aliphatic rings. The number of hydrogen-bond donors (Lipinski definition) is 1. The first kappa shape index (κ1) is 20.9. The van der Waals surface area contributed by atoms with E-state index in [1.165, 1.54) is 17.9 Å². The molecule has 0 spiro atoms. The minimum atomic E-state index is -0.265. The van der Waals surface area contributed by atoms with Gasteiger partial charge in [0, 0.05) is 37.7 Å². The van der Waals surface area contributed by atoms with Crippen LogP contribution >= 0.6 is 0 Å². The molecular formula is C21H27N3O5. The molecule has 156 valence electrons. The Labute approximate surface area is 169 Å². The standard InChI is InChI=1S/C21H27N3O5/c1-27-16-9-7-15(8-10-16)21-18(28-2)13-20(26)24(23-21)11-3-6-19(25)22-14-17-5-4-12-29-17/h7-10,13,17H,3-6,11-12,14H2,1-2H3,(H,22,25)/t17-/m0/s1. The second kappa shape index (κ2) is 10.1. The fraction of sp³-hybridized carbons (Fsp3) is 0.476. The molecule has 1 atom stereocenters. The van der Waals surface area contributed by atoms with Gasteiger partial charge in [0.25, 0.3) is 5.56 Å². The summed E-state index contributed by atoms with van der Waals surface area (Å²) in [6, 6.07) is 8.78. The van der Waals surface area contributed by atoms with Gasteiger partial charge in [0.05, 0.1) is 20.3 Å². The fourth-order valence-corrected chi connectivity index (χ4v) is 3.25. The van der Waals surface area contributed by atoms with E-state index in [0.717, 1.165) is 30.8 Å². The first-order chi connectivity index (χ1) is 14.1. The number of methoxy groups -OCH3 is 2. The van der Waals surface area contributed by atoms with Crippen LogP contribution in [0.5, 0.6) is 11.5 Å². The van der Waals surface area contributed by atoms with E-state index in [9.17, 15) is 9.59 Å². The molecule has 0 unspecified atom stereocenters. The lowest BCUT2D eigenvalue weighted by atomic mass is 10.1. The third-order valence-corrected chi connectivity index (χ3v) is 4.87. The zero-order valence-corrected chi connectivity index (χ0v) is 16.8. The molecule has 29 heavy (non-hydrogen) atoms. The van der Waals surface area contributed by atoms with Crippen LogP contribution in [0, 0.1) is 0 Å². The van der Waals surface area contributed by atoms with Crippen LogP contribution in [0.2, 0.25) is 0 Å². The molecule has 1 aliphatic heterocycles. The number of ether oxygens (including phenoxy) is 3. The number of carbonyl (C=O) groups is 1. The van der Waals surface area contributed by atoms with E-state index in [0.29, 0.717) is 37.4 Å². The summed E-state index contributed by atoms with van der Waals surface area (Å²) < 4.78 is 17.4. The van der Waals surface area contributed by atoms with Crippen LogP contribution in [0.15, 0.2) is 35.1 Å². The van der Waals surface area contributed by atoms with Gasteiger partial charge in [0.1, 0.15) is 11.4 Å². The van der Waals surface area contributed by atoms with Gasteiger partial charge in [0.2, 0.25) is 5.91 Å². The van der Waals surface area contributed by atoms with Crippen LogP contribution in [0.3, 0.4) is 0 Å². The van der Waals surface area contributed by atoms with Crippen molar-refractivity contribution >= 4 is 5.91 Å². The van der Waals surface area contributed by atoms with Gasteiger partial charge >= 0.3 is 0 Å². The molecule has 8 nitrogen and oxygen atoms in total. The average Bonchev–Trinajstić information content (AvgIpc) is 3.27. The smallest absolute Gasteiger partial charge is 0.270 e. The highest BCUT2D eigenvalue weighted by atomic mass is 16.5. The van der Waals surface area contributed by atoms with E-state index in [-0.39, 0.29) is 17.6 Å². The molecule has 0 bridgehead atoms.